The van der Waals surface area contributed by atoms with E-state index in [2.05, 4.69) is 10.2 Å². The van der Waals surface area contributed by atoms with E-state index in [-0.39, 0.29) is 26.2 Å². The monoisotopic (exact) mass is 410 g/mol. The summed E-state index contributed by atoms with van der Waals surface area (Å²) in [6, 6.07) is 0.702. The Hall–Kier alpha value is 0.130. The van der Waals surface area contributed by atoms with Gasteiger partial charge in [-0.15, -0.1) is 0 Å². The number of hydrogen-bond acceptors (Lipinski definition) is 2. The van der Waals surface area contributed by atoms with Crippen LogP contribution in [0.15, 0.2) is 16.3 Å². The lowest BCUT2D eigenvalue weighted by Crippen LogP contribution is -2.33. The summed E-state index contributed by atoms with van der Waals surface area (Å²) in [5.41, 5.74) is -0.0144. The maximum Gasteiger partial charge on any atom is 0.282 e. The van der Waals surface area contributed by atoms with Gasteiger partial charge in [-0.3, -0.25) is 0 Å². The molecule has 0 aliphatic heterocycles. The van der Waals surface area contributed by atoms with Gasteiger partial charge in [-0.1, -0.05) is 58.0 Å². The molecule has 0 saturated heterocycles. The minimum absolute atomic E-state index is 0.147. The largest absolute Gasteiger partial charge is 0.282 e. The number of alkyl halides is 4. The lowest BCUT2D eigenvalue weighted by molar-refractivity contribution is 0.00248. The topological polar surface area (TPSA) is 24.7 Å². The van der Waals surface area contributed by atoms with E-state index in [1.165, 1.54) is 6.07 Å². The van der Waals surface area contributed by atoms with Crippen molar-refractivity contribution < 1.29 is 8.78 Å². The molecular formula is C13H13Cl5F2N2. The molecule has 0 radical (unpaired) electrons. The Bertz CT molecular complexity index is 585. The van der Waals surface area contributed by atoms with Crippen LogP contribution in [-0.4, -0.2) is 12.5 Å². The number of benzene rings is 1. The zero-order valence-corrected chi connectivity index (χ0v) is 15.7. The van der Waals surface area contributed by atoms with Gasteiger partial charge in [-0.25, -0.2) is 8.78 Å². The fourth-order valence-electron chi connectivity index (χ4n) is 1.76. The molecule has 0 bridgehead atoms. The van der Waals surface area contributed by atoms with Crippen LogP contribution in [0.1, 0.15) is 37.9 Å². The first kappa shape index (κ1) is 20.2. The summed E-state index contributed by atoms with van der Waals surface area (Å²) in [6.45, 7) is 4.50. The average Bonchev–Trinajstić information content (AvgIpc) is 2.33. The van der Waals surface area contributed by atoms with Crippen LogP contribution in [0.25, 0.3) is 0 Å². The van der Waals surface area contributed by atoms with Gasteiger partial charge in [0.15, 0.2) is 0 Å². The van der Waals surface area contributed by atoms with Crippen LogP contribution in [0, 0.1) is 0 Å². The summed E-state index contributed by atoms with van der Waals surface area (Å²) < 4.78 is 24.8. The number of hydrogen-bond donors (Lipinski definition) is 0. The Labute approximate surface area is 152 Å². The average molecular weight is 413 g/mol. The zero-order valence-electron chi connectivity index (χ0n) is 11.9. The molecule has 2 nitrogen and oxygen atoms in total. The Morgan fingerprint density at radius 3 is 2.18 bits per heavy atom. The summed E-state index contributed by atoms with van der Waals surface area (Å²) in [6.07, 6.45) is 0. The summed E-state index contributed by atoms with van der Waals surface area (Å²) in [7, 11) is 0. The molecular weight excluding hydrogens is 399 g/mol. The van der Waals surface area contributed by atoms with Crippen molar-refractivity contribution in [3.05, 3.63) is 32.3 Å². The van der Waals surface area contributed by atoms with Gasteiger partial charge in [0, 0.05) is 28.1 Å². The maximum atomic E-state index is 13.7. The minimum Gasteiger partial charge on any atom is -0.203 e. The first-order valence-corrected chi connectivity index (χ1v) is 8.14. The molecule has 1 atom stereocenters. The van der Waals surface area contributed by atoms with Gasteiger partial charge in [-0.2, -0.15) is 10.2 Å². The van der Waals surface area contributed by atoms with Crippen molar-refractivity contribution >= 4 is 58.0 Å². The first-order valence-electron chi connectivity index (χ1n) is 6.25. The van der Waals surface area contributed by atoms with Crippen molar-refractivity contribution in [2.24, 2.45) is 10.2 Å². The second-order valence-electron chi connectivity index (χ2n) is 4.65. The molecule has 9 heteroatoms. The molecule has 0 aliphatic carbocycles. The molecule has 22 heavy (non-hydrogen) atoms. The highest BCUT2D eigenvalue weighted by Gasteiger charge is 2.51. The van der Waals surface area contributed by atoms with Gasteiger partial charge in [0.1, 0.15) is 0 Å². The van der Waals surface area contributed by atoms with E-state index in [4.69, 9.17) is 58.0 Å². The lowest BCUT2D eigenvalue weighted by atomic mass is 10.00. The Morgan fingerprint density at radius 2 is 1.73 bits per heavy atom. The highest BCUT2D eigenvalue weighted by atomic mass is 35.5. The molecule has 0 aromatic heterocycles. The van der Waals surface area contributed by atoms with Crippen LogP contribution in [0.4, 0.5) is 8.78 Å². The Morgan fingerprint density at radius 1 is 1.18 bits per heavy atom. The van der Waals surface area contributed by atoms with Gasteiger partial charge in [0.2, 0.25) is 4.33 Å². The van der Waals surface area contributed by atoms with E-state index in [0.29, 0.717) is 13.5 Å². The quantitative estimate of drug-likeness (QED) is 0.354. The van der Waals surface area contributed by atoms with E-state index in [0.717, 1.165) is 0 Å². The predicted molar refractivity (Wildman–Crippen MR) is 89.3 cm³/mol. The van der Waals surface area contributed by atoms with Crippen LogP contribution in [-0.2, 0) is 4.33 Å². The van der Waals surface area contributed by atoms with Crippen molar-refractivity contribution in [1.82, 2.24) is 0 Å². The van der Waals surface area contributed by atoms with Crippen molar-refractivity contribution in [2.45, 2.75) is 37.1 Å². The number of nitrogens with zero attached hydrogens (tertiary/aromatic N) is 2. The van der Waals surface area contributed by atoms with Gasteiger partial charge in [0.25, 0.3) is 5.92 Å². The van der Waals surface area contributed by atoms with E-state index in [1.807, 2.05) is 0 Å². The van der Waals surface area contributed by atoms with Gasteiger partial charge < -0.3 is 0 Å². The van der Waals surface area contributed by atoms with E-state index < -0.39 is 16.3 Å². The fraction of sp³-hybridized carbons (Fsp3) is 0.538. The van der Waals surface area contributed by atoms with E-state index in [1.54, 1.807) is 13.8 Å². The lowest BCUT2D eigenvalue weighted by Gasteiger charge is -2.30. The molecule has 0 aliphatic rings. The third kappa shape index (κ3) is 3.96. The second kappa shape index (κ2) is 7.35. The SMILES string of the molecule is CCN=NC(C)c1c(Cl)cc(Cl)c(C(Cl)(Cl)C(C)(F)F)c1Cl. The molecule has 0 fully saturated rings. The van der Waals surface area contributed by atoms with Crippen molar-refractivity contribution in [2.75, 3.05) is 6.54 Å². The summed E-state index contributed by atoms with van der Waals surface area (Å²) in [4.78, 5) is 0. The molecule has 124 valence electrons. The van der Waals surface area contributed by atoms with Crippen molar-refractivity contribution in [1.29, 1.82) is 0 Å². The van der Waals surface area contributed by atoms with Crippen LogP contribution in [0.5, 0.6) is 0 Å². The zero-order chi connectivity index (χ0) is 17.3. The fourth-order valence-corrected chi connectivity index (χ4v) is 3.71. The number of rotatable bonds is 5. The highest BCUT2D eigenvalue weighted by molar-refractivity contribution is 6.52. The molecule has 0 N–H and O–H groups in total. The Balaban J connectivity index is 3.60. The van der Waals surface area contributed by atoms with E-state index >= 15 is 0 Å². The third-order valence-electron chi connectivity index (χ3n) is 2.88. The number of azo groups is 1. The van der Waals surface area contributed by atoms with Crippen LogP contribution in [0.3, 0.4) is 0 Å². The molecule has 1 aromatic carbocycles. The second-order valence-corrected chi connectivity index (χ2v) is 7.17. The molecule has 1 unspecified atom stereocenters. The van der Waals surface area contributed by atoms with Crippen LogP contribution < -0.4 is 0 Å². The summed E-state index contributed by atoms with van der Waals surface area (Å²) in [5, 5.41) is 7.72. The molecule has 0 saturated carbocycles. The van der Waals surface area contributed by atoms with Gasteiger partial charge >= 0.3 is 0 Å². The molecule has 0 spiro atoms. The normalized spacial score (nSPS) is 14.6. The molecule has 0 heterocycles. The summed E-state index contributed by atoms with van der Waals surface area (Å²) in [5.74, 6) is -3.48. The maximum absolute atomic E-state index is 13.7. The predicted octanol–water partition coefficient (Wildman–Crippen LogP) is 7.47. The minimum atomic E-state index is -3.48. The Kier molecular flexibility index (Phi) is 6.74. The van der Waals surface area contributed by atoms with Crippen molar-refractivity contribution in [3.63, 3.8) is 0 Å². The summed E-state index contributed by atoms with van der Waals surface area (Å²) >= 11 is 30.0. The third-order valence-corrected chi connectivity index (χ3v) is 4.93. The van der Waals surface area contributed by atoms with Crippen molar-refractivity contribution in [3.8, 4) is 0 Å². The van der Waals surface area contributed by atoms with Gasteiger partial charge in [-0.05, 0) is 19.9 Å². The molecule has 1 rings (SSSR count). The number of halogens is 7. The first-order chi connectivity index (χ1) is 9.95. The van der Waals surface area contributed by atoms with Crippen LogP contribution in [0.2, 0.25) is 15.1 Å². The molecule has 1 aromatic rings. The van der Waals surface area contributed by atoms with Gasteiger partial charge in [0.05, 0.1) is 17.6 Å². The van der Waals surface area contributed by atoms with E-state index in [9.17, 15) is 8.78 Å². The smallest absolute Gasteiger partial charge is 0.203 e. The van der Waals surface area contributed by atoms with Crippen LogP contribution >= 0.6 is 58.0 Å². The molecule has 0 amide bonds. The standard InChI is InChI=1S/C13H13Cl5F2N2/c1-4-21-22-6(2)9-7(14)5-8(15)10(11(9)16)13(17,18)12(3,19)20/h5-6H,4H2,1-3H3. The highest BCUT2D eigenvalue weighted by Crippen LogP contribution is 2.54.